The maximum absolute atomic E-state index is 11.9. The minimum absolute atomic E-state index is 0.342. The van der Waals surface area contributed by atoms with Crippen molar-refractivity contribution in [2.75, 3.05) is 30.3 Å². The Bertz CT molecular complexity index is 487. The molecule has 20 heavy (non-hydrogen) atoms. The Morgan fingerprint density at radius 3 is 2.80 bits per heavy atom. The Morgan fingerprint density at radius 2 is 2.15 bits per heavy atom. The lowest BCUT2D eigenvalue weighted by molar-refractivity contribution is 0.0527. The molecule has 0 bridgehead atoms. The fourth-order valence-electron chi connectivity index (χ4n) is 2.70. The zero-order valence-corrected chi connectivity index (χ0v) is 12.6. The summed E-state index contributed by atoms with van der Waals surface area (Å²) in [6.07, 6.45) is 1.16. The average molecular weight is 276 g/mol. The molecular weight excluding hydrogens is 252 g/mol. The van der Waals surface area contributed by atoms with Crippen molar-refractivity contribution in [2.24, 2.45) is 11.8 Å². The van der Waals surface area contributed by atoms with Gasteiger partial charge in [-0.2, -0.15) is 0 Å². The summed E-state index contributed by atoms with van der Waals surface area (Å²) in [7, 11) is 0. The number of esters is 1. The van der Waals surface area contributed by atoms with Crippen molar-refractivity contribution < 1.29 is 9.53 Å². The van der Waals surface area contributed by atoms with Gasteiger partial charge < -0.3 is 15.4 Å². The minimum atomic E-state index is -0.342. The van der Waals surface area contributed by atoms with Crippen LogP contribution in [0.1, 0.15) is 37.6 Å². The van der Waals surface area contributed by atoms with Gasteiger partial charge in [0, 0.05) is 13.1 Å². The highest BCUT2D eigenvalue weighted by Gasteiger charge is 2.25. The number of anilines is 2. The number of para-hydroxylation sites is 1. The third-order valence-electron chi connectivity index (χ3n) is 4.25. The Balaban J connectivity index is 2.25. The smallest absolute Gasteiger partial charge is 0.340 e. The maximum atomic E-state index is 11.9. The number of hydrogen-bond donors (Lipinski definition) is 1. The number of nitrogen functional groups attached to an aromatic ring is 1. The van der Waals surface area contributed by atoms with Gasteiger partial charge >= 0.3 is 5.97 Å². The van der Waals surface area contributed by atoms with Gasteiger partial charge in [0.25, 0.3) is 0 Å². The lowest BCUT2D eigenvalue weighted by atomic mass is 9.88. The van der Waals surface area contributed by atoms with Gasteiger partial charge in [0.2, 0.25) is 0 Å². The first-order valence-electron chi connectivity index (χ1n) is 7.35. The molecule has 4 nitrogen and oxygen atoms in total. The number of hydrogen-bond acceptors (Lipinski definition) is 4. The van der Waals surface area contributed by atoms with E-state index in [4.69, 9.17) is 10.5 Å². The van der Waals surface area contributed by atoms with E-state index in [1.54, 1.807) is 13.0 Å². The fourth-order valence-corrected chi connectivity index (χ4v) is 2.70. The van der Waals surface area contributed by atoms with Crippen molar-refractivity contribution in [2.45, 2.75) is 27.2 Å². The van der Waals surface area contributed by atoms with Crippen LogP contribution in [0.5, 0.6) is 0 Å². The predicted octanol–water partition coefficient (Wildman–Crippen LogP) is 2.93. The molecule has 1 fully saturated rings. The molecule has 4 heteroatoms. The van der Waals surface area contributed by atoms with Gasteiger partial charge in [-0.25, -0.2) is 4.79 Å². The van der Waals surface area contributed by atoms with E-state index >= 15 is 0 Å². The number of nitrogens with zero attached hydrogens (tertiary/aromatic N) is 1. The Morgan fingerprint density at radius 1 is 1.40 bits per heavy atom. The molecule has 1 aliphatic rings. The Kier molecular flexibility index (Phi) is 4.53. The Labute approximate surface area is 120 Å². The first-order valence-corrected chi connectivity index (χ1v) is 7.35. The molecule has 0 aliphatic carbocycles. The minimum Gasteiger partial charge on any atom is -0.462 e. The van der Waals surface area contributed by atoms with Gasteiger partial charge in [0.15, 0.2) is 0 Å². The van der Waals surface area contributed by atoms with Crippen LogP contribution < -0.4 is 10.6 Å². The molecule has 0 aromatic heterocycles. The molecule has 0 radical (unpaired) electrons. The summed E-state index contributed by atoms with van der Waals surface area (Å²) in [6, 6.07) is 5.59. The highest BCUT2D eigenvalue weighted by Crippen LogP contribution is 2.32. The van der Waals surface area contributed by atoms with Crippen LogP contribution in [0.4, 0.5) is 11.4 Å². The van der Waals surface area contributed by atoms with E-state index in [1.807, 2.05) is 12.1 Å². The number of carbonyl (C=O) groups is 1. The van der Waals surface area contributed by atoms with E-state index in [0.717, 1.165) is 31.1 Å². The summed E-state index contributed by atoms with van der Waals surface area (Å²) in [4.78, 5) is 14.2. The summed E-state index contributed by atoms with van der Waals surface area (Å²) >= 11 is 0. The van der Waals surface area contributed by atoms with Crippen molar-refractivity contribution in [3.63, 3.8) is 0 Å². The lowest BCUT2D eigenvalue weighted by Crippen LogP contribution is -2.38. The summed E-state index contributed by atoms with van der Waals surface area (Å²) in [5.74, 6) is 1.03. The molecule has 0 saturated carbocycles. The average Bonchev–Trinajstić information content (AvgIpc) is 2.42. The Hall–Kier alpha value is -1.71. The summed E-state index contributed by atoms with van der Waals surface area (Å²) < 4.78 is 5.05. The summed E-state index contributed by atoms with van der Waals surface area (Å²) in [6.45, 7) is 8.69. The first-order chi connectivity index (χ1) is 9.54. The largest absolute Gasteiger partial charge is 0.462 e. The summed E-state index contributed by atoms with van der Waals surface area (Å²) in [5.41, 5.74) is 8.14. The number of carbonyl (C=O) groups excluding carboxylic acids is 1. The highest BCUT2D eigenvalue weighted by molar-refractivity contribution is 5.98. The zero-order chi connectivity index (χ0) is 14.7. The molecule has 110 valence electrons. The molecule has 1 saturated heterocycles. The quantitative estimate of drug-likeness (QED) is 0.681. The molecule has 1 aliphatic heterocycles. The molecule has 2 rings (SSSR count). The molecule has 0 amide bonds. The normalized spacial score (nSPS) is 22.6. The maximum Gasteiger partial charge on any atom is 0.340 e. The molecule has 1 aromatic carbocycles. The van der Waals surface area contributed by atoms with E-state index in [1.165, 1.54) is 0 Å². The van der Waals surface area contributed by atoms with Crippen molar-refractivity contribution in [1.29, 1.82) is 0 Å². The SMILES string of the molecule is CCOC(=O)c1cccc(N2CCC(C)C(C)C2)c1N. The highest BCUT2D eigenvalue weighted by atomic mass is 16.5. The molecule has 2 unspecified atom stereocenters. The second kappa shape index (κ2) is 6.16. The van der Waals surface area contributed by atoms with E-state index in [9.17, 15) is 4.79 Å². The van der Waals surface area contributed by atoms with Gasteiger partial charge in [-0.05, 0) is 37.3 Å². The molecule has 1 aromatic rings. The van der Waals surface area contributed by atoms with Gasteiger partial charge in [-0.3, -0.25) is 0 Å². The standard InChI is InChI=1S/C16H24N2O2/c1-4-20-16(19)13-6-5-7-14(15(13)17)18-9-8-11(2)12(3)10-18/h5-7,11-12H,4,8-10,17H2,1-3H3. The van der Waals surface area contributed by atoms with Crippen LogP contribution in [0.25, 0.3) is 0 Å². The van der Waals surface area contributed by atoms with Crippen LogP contribution in [0.3, 0.4) is 0 Å². The predicted molar refractivity (Wildman–Crippen MR) is 82.0 cm³/mol. The fraction of sp³-hybridized carbons (Fsp3) is 0.562. The number of piperidine rings is 1. The summed E-state index contributed by atoms with van der Waals surface area (Å²) in [5, 5.41) is 0. The van der Waals surface area contributed by atoms with Crippen molar-refractivity contribution >= 4 is 17.3 Å². The second-order valence-corrected chi connectivity index (χ2v) is 5.65. The van der Waals surface area contributed by atoms with Crippen LogP contribution in [0, 0.1) is 11.8 Å². The van der Waals surface area contributed by atoms with Crippen LogP contribution in [-0.2, 0) is 4.74 Å². The number of rotatable bonds is 3. The lowest BCUT2D eigenvalue weighted by Gasteiger charge is -2.37. The molecule has 2 atom stereocenters. The van der Waals surface area contributed by atoms with Gasteiger partial charge in [-0.1, -0.05) is 19.9 Å². The number of nitrogens with two attached hydrogens (primary N) is 1. The van der Waals surface area contributed by atoms with Crippen LogP contribution in [0.2, 0.25) is 0 Å². The van der Waals surface area contributed by atoms with E-state index in [2.05, 4.69) is 18.7 Å². The van der Waals surface area contributed by atoms with Crippen molar-refractivity contribution in [1.82, 2.24) is 0 Å². The van der Waals surface area contributed by atoms with Crippen LogP contribution in [0.15, 0.2) is 18.2 Å². The van der Waals surface area contributed by atoms with Crippen LogP contribution in [-0.4, -0.2) is 25.7 Å². The monoisotopic (exact) mass is 276 g/mol. The second-order valence-electron chi connectivity index (χ2n) is 5.65. The molecule has 1 heterocycles. The third kappa shape index (κ3) is 2.89. The molecule has 2 N–H and O–H groups in total. The van der Waals surface area contributed by atoms with Crippen molar-refractivity contribution in [3.05, 3.63) is 23.8 Å². The van der Waals surface area contributed by atoms with E-state index in [-0.39, 0.29) is 5.97 Å². The number of ether oxygens (including phenoxy) is 1. The van der Waals surface area contributed by atoms with Crippen molar-refractivity contribution in [3.8, 4) is 0 Å². The van der Waals surface area contributed by atoms with E-state index in [0.29, 0.717) is 23.8 Å². The topological polar surface area (TPSA) is 55.6 Å². The van der Waals surface area contributed by atoms with Gasteiger partial charge in [0.1, 0.15) is 0 Å². The van der Waals surface area contributed by atoms with Gasteiger partial charge in [-0.15, -0.1) is 0 Å². The molecule has 0 spiro atoms. The number of benzene rings is 1. The van der Waals surface area contributed by atoms with E-state index < -0.39 is 0 Å². The van der Waals surface area contributed by atoms with Crippen LogP contribution >= 0.6 is 0 Å². The third-order valence-corrected chi connectivity index (χ3v) is 4.25. The first kappa shape index (κ1) is 14.7. The van der Waals surface area contributed by atoms with Gasteiger partial charge in [0.05, 0.1) is 23.5 Å². The molecular formula is C16H24N2O2. The zero-order valence-electron chi connectivity index (χ0n) is 12.6.